The molecule has 0 amide bonds. The molecule has 21 nitrogen and oxygen atoms in total. The average molecular weight is 675 g/mol. The summed E-state index contributed by atoms with van der Waals surface area (Å²) in [5.74, 6) is 0.350. The summed E-state index contributed by atoms with van der Waals surface area (Å²) in [6.45, 7) is 0.131. The monoisotopic (exact) mass is 675 g/mol. The molecule has 4 aromatic rings. The van der Waals surface area contributed by atoms with Crippen LogP contribution in [0, 0.1) is 6.92 Å². The molecule has 3 saturated heterocycles. The first-order chi connectivity index (χ1) is 20.9. The molecule has 7 rings (SSSR count). The molecule has 2 unspecified atom stereocenters. The smallest absolute Gasteiger partial charge is 0.387 e. The molecule has 0 saturated carbocycles. The zero-order valence-electron chi connectivity index (χ0n) is 22.3. The van der Waals surface area contributed by atoms with Crippen LogP contribution in [0.1, 0.15) is 29.5 Å². The molecule has 3 fully saturated rings. The van der Waals surface area contributed by atoms with Crippen LogP contribution in [0.2, 0.25) is 0 Å². The maximum Gasteiger partial charge on any atom is 0.472 e. The molecule has 44 heavy (non-hydrogen) atoms. The highest BCUT2D eigenvalue weighted by atomic mass is 32.1. The van der Waals surface area contributed by atoms with Crippen LogP contribution in [0.5, 0.6) is 0 Å². The molecule has 6 N–H and O–H groups in total. The number of aliphatic hydroxyl groups excluding tert-OH is 1. The zero-order chi connectivity index (χ0) is 31.0. The van der Waals surface area contributed by atoms with Crippen molar-refractivity contribution >= 4 is 55.2 Å². The van der Waals surface area contributed by atoms with E-state index in [1.54, 1.807) is 0 Å². The van der Waals surface area contributed by atoms with Gasteiger partial charge < -0.3 is 35.1 Å². The quantitative estimate of drug-likeness (QED) is 0.169. The highest BCUT2D eigenvalue weighted by Crippen LogP contribution is 2.54. The van der Waals surface area contributed by atoms with Crippen LogP contribution >= 0.6 is 27.2 Å². The van der Waals surface area contributed by atoms with E-state index in [0.717, 1.165) is 16.2 Å². The third-order valence-corrected chi connectivity index (χ3v) is 10.1. The minimum Gasteiger partial charge on any atom is -0.387 e. The van der Waals surface area contributed by atoms with E-state index in [0.29, 0.717) is 15.9 Å². The van der Waals surface area contributed by atoms with Gasteiger partial charge in [0.25, 0.3) is 5.56 Å². The number of aromatic nitrogens is 8. The van der Waals surface area contributed by atoms with Crippen LogP contribution in [-0.4, -0.2) is 97.9 Å². The molecule has 4 aromatic heterocycles. The Bertz CT molecular complexity index is 1900. The minimum atomic E-state index is -5.01. The second-order valence-electron chi connectivity index (χ2n) is 10.1. The number of nitrogens with zero attached hydrogens (tertiary/aromatic N) is 7. The molecule has 7 heterocycles. The number of aryl methyl sites for hydroxylation is 1. The van der Waals surface area contributed by atoms with Gasteiger partial charge in [-0.1, -0.05) is 5.21 Å². The number of aliphatic hydroxyl groups is 1. The van der Waals surface area contributed by atoms with Crippen molar-refractivity contribution in [2.45, 2.75) is 56.2 Å². The fraction of sp³-hybridized carbons (Fsp3) is 0.550. The Morgan fingerprint density at radius 3 is 2.59 bits per heavy atom. The third-order valence-electron chi connectivity index (χ3n) is 7.15. The maximum absolute atomic E-state index is 13.2. The second kappa shape index (κ2) is 10.9. The molecular weight excluding hydrogens is 652 g/mol. The van der Waals surface area contributed by atoms with Gasteiger partial charge in [0, 0.05) is 6.42 Å². The number of phosphoric acid groups is 2. The van der Waals surface area contributed by atoms with E-state index in [1.165, 1.54) is 13.3 Å². The number of anilines is 1. The lowest BCUT2D eigenvalue weighted by Crippen LogP contribution is -2.35. The number of phosphoric ester groups is 2. The molecule has 236 valence electrons. The molecule has 2 bridgehead atoms. The molecule has 0 aliphatic carbocycles. The molecule has 3 aliphatic rings. The summed E-state index contributed by atoms with van der Waals surface area (Å²) >= 11 is 1.03. The molecule has 24 heteroatoms. The summed E-state index contributed by atoms with van der Waals surface area (Å²) in [5, 5.41) is 18.6. The Hall–Kier alpha value is -2.85. The van der Waals surface area contributed by atoms with Gasteiger partial charge in [-0.05, 0) is 18.5 Å². The molecular formula is C20H23N9O12P2S. The lowest BCUT2D eigenvalue weighted by molar-refractivity contribution is -0.0673. The van der Waals surface area contributed by atoms with E-state index < -0.39 is 77.3 Å². The first kappa shape index (κ1) is 29.8. The zero-order valence-corrected chi connectivity index (χ0v) is 24.9. The number of nitrogen functional groups attached to an aromatic ring is 1. The predicted molar refractivity (Wildman–Crippen MR) is 144 cm³/mol. The van der Waals surface area contributed by atoms with Crippen LogP contribution in [-0.2, 0) is 36.7 Å². The number of nitrogens with one attached hydrogen (secondary N) is 1. The average Bonchev–Trinajstić information content (AvgIpc) is 3.72. The van der Waals surface area contributed by atoms with Gasteiger partial charge in [0.05, 0.1) is 24.2 Å². The summed E-state index contributed by atoms with van der Waals surface area (Å²) in [5.41, 5.74) is 5.76. The Morgan fingerprint density at radius 2 is 1.80 bits per heavy atom. The highest BCUT2D eigenvalue weighted by molar-refractivity contribution is 7.47. The van der Waals surface area contributed by atoms with Crippen LogP contribution in [0.4, 0.5) is 5.82 Å². The van der Waals surface area contributed by atoms with Gasteiger partial charge in [-0.3, -0.25) is 22.9 Å². The van der Waals surface area contributed by atoms with E-state index in [-0.39, 0.29) is 29.2 Å². The standard InChI is InChI=1S/C20H23N9O12P2S/c1-6-24-18-13(19(31)25-6)26-28-29(18)20-15-14(30)10(39-20)4-37-42(32,33)40-7-2-8(38-9(7)3-36-43(34,35)41-15)16-11-12(27-44-16)17(21)23-5-22-11/h5,7-10,14-15,20,30H,2-4H2,1H3,(H,32,33)(H,34,35)(H2,21,22,23)(H,24,25,31)/t7-,8+,9+,10+,14+,15+,20+/m0/s1. The fourth-order valence-corrected chi connectivity index (χ4v) is 7.93. The Labute approximate surface area is 248 Å². The topological polar surface area (TPSA) is 291 Å². The molecule has 0 aromatic carbocycles. The number of H-pyrrole nitrogens is 1. The van der Waals surface area contributed by atoms with Crippen molar-refractivity contribution in [2.75, 3.05) is 18.9 Å². The summed E-state index contributed by atoms with van der Waals surface area (Å²) < 4.78 is 64.4. The van der Waals surface area contributed by atoms with Crippen molar-refractivity contribution in [3.8, 4) is 0 Å². The molecule has 3 aliphatic heterocycles. The molecule has 0 radical (unpaired) electrons. The SMILES string of the molecule is Cc1nc2c(nnn2[C@@H]2O[C@@H]3COP(=O)(O)O[C@H]4C[C@H](c5snc6c(N)ncnc56)O[C@@H]4COP(=O)(O)O[C@@H]2[C@@H]3O)c(=O)[nH]1. The lowest BCUT2D eigenvalue weighted by atomic mass is 10.1. The number of rotatable bonds is 2. The summed E-state index contributed by atoms with van der Waals surface area (Å²) in [6, 6.07) is 0. The summed E-state index contributed by atoms with van der Waals surface area (Å²) in [7, 11) is -9.86. The van der Waals surface area contributed by atoms with E-state index in [4.69, 9.17) is 33.3 Å². The van der Waals surface area contributed by atoms with E-state index in [1.807, 2.05) is 0 Å². The van der Waals surface area contributed by atoms with Crippen molar-refractivity contribution in [3.63, 3.8) is 0 Å². The van der Waals surface area contributed by atoms with Crippen LogP contribution in [0.15, 0.2) is 11.1 Å². The maximum atomic E-state index is 13.2. The first-order valence-corrected chi connectivity index (χ1v) is 16.6. The van der Waals surface area contributed by atoms with Crippen LogP contribution < -0.4 is 11.3 Å². The van der Waals surface area contributed by atoms with Gasteiger partial charge in [-0.2, -0.15) is 9.06 Å². The van der Waals surface area contributed by atoms with Crippen molar-refractivity contribution in [3.05, 3.63) is 27.4 Å². The highest BCUT2D eigenvalue weighted by Gasteiger charge is 2.52. The number of hydrogen-bond acceptors (Lipinski definition) is 18. The van der Waals surface area contributed by atoms with Crippen molar-refractivity contribution in [1.29, 1.82) is 0 Å². The van der Waals surface area contributed by atoms with Crippen LogP contribution in [0.25, 0.3) is 22.2 Å². The Balaban J connectivity index is 1.19. The normalized spacial score (nSPS) is 36.6. The van der Waals surface area contributed by atoms with Gasteiger partial charge >= 0.3 is 15.6 Å². The Kier molecular flexibility index (Phi) is 7.39. The Morgan fingerprint density at radius 1 is 1.05 bits per heavy atom. The largest absolute Gasteiger partial charge is 0.472 e. The van der Waals surface area contributed by atoms with E-state index >= 15 is 0 Å². The minimum absolute atomic E-state index is 0.0160. The fourth-order valence-electron chi connectivity index (χ4n) is 5.16. The summed E-state index contributed by atoms with van der Waals surface area (Å²) in [6.07, 6.45) is -8.19. The first-order valence-electron chi connectivity index (χ1n) is 12.9. The number of aromatic amines is 1. The third kappa shape index (κ3) is 5.36. The summed E-state index contributed by atoms with van der Waals surface area (Å²) in [4.78, 5) is 48.9. The number of nitrogens with two attached hydrogens (primary N) is 1. The predicted octanol–water partition coefficient (Wildman–Crippen LogP) is -0.389. The van der Waals surface area contributed by atoms with Gasteiger partial charge in [0.1, 0.15) is 53.7 Å². The van der Waals surface area contributed by atoms with Crippen molar-refractivity contribution in [2.24, 2.45) is 0 Å². The van der Waals surface area contributed by atoms with Gasteiger partial charge in [-0.25, -0.2) is 24.1 Å². The number of hydrogen-bond donors (Lipinski definition) is 5. The van der Waals surface area contributed by atoms with Gasteiger partial charge in [0.2, 0.25) is 0 Å². The molecule has 9 atom stereocenters. The second-order valence-corrected chi connectivity index (χ2v) is 13.7. The van der Waals surface area contributed by atoms with Gasteiger partial charge in [-0.15, -0.1) is 5.10 Å². The number of fused-ring (bicyclic) bond motifs is 5. The van der Waals surface area contributed by atoms with E-state index in [2.05, 4.69) is 34.6 Å². The lowest BCUT2D eigenvalue weighted by Gasteiger charge is -2.25. The number of ether oxygens (including phenoxy) is 2. The van der Waals surface area contributed by atoms with E-state index in [9.17, 15) is 28.8 Å². The molecule has 0 spiro atoms. The van der Waals surface area contributed by atoms with Crippen molar-refractivity contribution in [1.82, 2.24) is 39.3 Å². The van der Waals surface area contributed by atoms with Gasteiger partial charge in [0.15, 0.2) is 23.2 Å². The van der Waals surface area contributed by atoms with Crippen LogP contribution in [0.3, 0.4) is 0 Å². The van der Waals surface area contributed by atoms with Crippen molar-refractivity contribution < 1.29 is 51.6 Å².